The van der Waals surface area contributed by atoms with Crippen LogP contribution in [0.3, 0.4) is 0 Å². The highest BCUT2D eigenvalue weighted by molar-refractivity contribution is 6.33. The number of piperidine rings is 1. The number of urea groups is 1. The van der Waals surface area contributed by atoms with E-state index in [0.29, 0.717) is 55.8 Å². The Morgan fingerprint density at radius 1 is 1.05 bits per heavy atom. The van der Waals surface area contributed by atoms with Crippen molar-refractivity contribution in [3.05, 3.63) is 58.6 Å². The molecule has 1 unspecified atom stereocenters. The number of piperazine rings is 1. The number of carbonyl (C=O) groups excluding carboxylic acids is 2. The zero-order chi connectivity index (χ0) is 30.0. The normalized spacial score (nSPS) is 17.8. The summed E-state index contributed by atoms with van der Waals surface area (Å²) in [5.74, 6) is -1.07. The monoisotopic (exact) mass is 605 g/mol. The number of amides is 3. The van der Waals surface area contributed by atoms with Crippen molar-refractivity contribution in [1.29, 1.82) is 0 Å². The Balaban J connectivity index is 1.20. The summed E-state index contributed by atoms with van der Waals surface area (Å²) in [6, 6.07) is 8.15. The van der Waals surface area contributed by atoms with Crippen LogP contribution >= 0.6 is 11.6 Å². The van der Waals surface area contributed by atoms with Crippen LogP contribution in [0.1, 0.15) is 41.6 Å². The predicted octanol–water partition coefficient (Wildman–Crippen LogP) is 5.89. The third-order valence-electron chi connectivity index (χ3n) is 7.37. The lowest BCUT2D eigenvalue weighted by Gasteiger charge is -2.35. The molecule has 0 saturated carbocycles. The summed E-state index contributed by atoms with van der Waals surface area (Å²) in [6.45, 7) is 6.80. The number of halogens is 4. The first-order chi connectivity index (χ1) is 20.0. The Bertz CT molecular complexity index is 1420. The number of aromatic nitrogens is 2. The maximum atomic E-state index is 13.7. The molecule has 4 heterocycles. The second kappa shape index (κ2) is 12.1. The molecular formula is C28H31ClF3N7O3. The molecular weight excluding hydrogens is 575 g/mol. The van der Waals surface area contributed by atoms with Gasteiger partial charge in [-0.2, -0.15) is 18.2 Å². The molecule has 14 heteroatoms. The highest BCUT2D eigenvalue weighted by Gasteiger charge is 2.42. The largest absolute Gasteiger partial charge is 0.437 e. The molecule has 3 amide bonds. The van der Waals surface area contributed by atoms with E-state index in [4.69, 9.17) is 16.0 Å². The molecule has 3 aromatic rings. The fourth-order valence-electron chi connectivity index (χ4n) is 5.10. The average molecular weight is 606 g/mol. The molecule has 2 aliphatic heterocycles. The van der Waals surface area contributed by atoms with Gasteiger partial charge >= 0.3 is 12.2 Å². The van der Waals surface area contributed by atoms with Crippen LogP contribution in [0.15, 0.2) is 40.9 Å². The molecule has 42 heavy (non-hydrogen) atoms. The number of carbonyl (C=O) groups is 2. The molecule has 0 bridgehead atoms. The van der Waals surface area contributed by atoms with E-state index in [9.17, 15) is 22.8 Å². The number of rotatable bonds is 5. The van der Waals surface area contributed by atoms with Gasteiger partial charge in [0.1, 0.15) is 5.82 Å². The lowest BCUT2D eigenvalue weighted by atomic mass is 10.0. The van der Waals surface area contributed by atoms with Crippen molar-refractivity contribution in [2.45, 2.75) is 32.9 Å². The van der Waals surface area contributed by atoms with Crippen molar-refractivity contribution >= 4 is 46.7 Å². The lowest BCUT2D eigenvalue weighted by Crippen LogP contribution is -2.50. The third kappa shape index (κ3) is 6.56. The molecule has 224 valence electrons. The van der Waals surface area contributed by atoms with Gasteiger partial charge in [0, 0.05) is 39.3 Å². The molecule has 1 atom stereocenters. The van der Waals surface area contributed by atoms with Crippen LogP contribution in [-0.2, 0) is 6.18 Å². The molecule has 2 saturated heterocycles. The number of para-hydroxylation sites is 1. The van der Waals surface area contributed by atoms with Crippen molar-refractivity contribution in [2.24, 2.45) is 5.92 Å². The Morgan fingerprint density at radius 3 is 2.45 bits per heavy atom. The van der Waals surface area contributed by atoms with Gasteiger partial charge in [-0.1, -0.05) is 30.7 Å². The molecule has 0 spiro atoms. The standard InChI is InChI=1S/C28H31ClF3N7O3/c1-17-5-4-10-39(16-17)27-36-24(28(30,31)32)23(42-27)25(40)34-19-8-9-21(33-15-19)37-11-13-38(14-12-37)26(41)35-22-18(2)6-3-7-20(22)29/h3,6-9,15,17H,4-5,10-14,16H2,1-2H3,(H,34,40)(H,35,41). The van der Waals surface area contributed by atoms with Crippen molar-refractivity contribution < 1.29 is 27.2 Å². The van der Waals surface area contributed by atoms with E-state index in [-0.39, 0.29) is 23.7 Å². The van der Waals surface area contributed by atoms with Crippen molar-refractivity contribution in [1.82, 2.24) is 14.9 Å². The number of nitrogens with one attached hydrogen (secondary N) is 2. The summed E-state index contributed by atoms with van der Waals surface area (Å²) in [6.07, 6.45) is -1.73. The van der Waals surface area contributed by atoms with Crippen molar-refractivity contribution in [2.75, 3.05) is 59.7 Å². The summed E-state index contributed by atoms with van der Waals surface area (Å²) in [5, 5.41) is 5.77. The minimum absolute atomic E-state index is 0.203. The maximum Gasteiger partial charge on any atom is 0.437 e. The quantitative estimate of drug-likeness (QED) is 0.373. The van der Waals surface area contributed by atoms with Crippen LogP contribution < -0.4 is 20.4 Å². The van der Waals surface area contributed by atoms with Gasteiger partial charge in [0.15, 0.2) is 5.69 Å². The molecule has 2 fully saturated rings. The Labute approximate surface area is 245 Å². The van der Waals surface area contributed by atoms with E-state index in [0.717, 1.165) is 18.4 Å². The van der Waals surface area contributed by atoms with Gasteiger partial charge in [-0.15, -0.1) is 0 Å². The van der Waals surface area contributed by atoms with E-state index >= 15 is 0 Å². The van der Waals surface area contributed by atoms with Crippen molar-refractivity contribution in [3.8, 4) is 0 Å². The average Bonchev–Trinajstić information content (AvgIpc) is 3.43. The van der Waals surface area contributed by atoms with Gasteiger partial charge in [0.05, 0.1) is 22.6 Å². The van der Waals surface area contributed by atoms with E-state index in [1.807, 2.05) is 30.9 Å². The fraction of sp³-hybridized carbons (Fsp3) is 0.429. The topological polar surface area (TPSA) is 107 Å². The highest BCUT2D eigenvalue weighted by Crippen LogP contribution is 2.35. The fourth-order valence-corrected chi connectivity index (χ4v) is 5.37. The van der Waals surface area contributed by atoms with Crippen LogP contribution in [0.2, 0.25) is 5.02 Å². The highest BCUT2D eigenvalue weighted by atomic mass is 35.5. The predicted molar refractivity (Wildman–Crippen MR) is 153 cm³/mol. The van der Waals surface area contributed by atoms with Crippen LogP contribution in [0.4, 0.5) is 41.2 Å². The summed E-state index contributed by atoms with van der Waals surface area (Å²) < 4.78 is 46.5. The second-order valence-electron chi connectivity index (χ2n) is 10.6. The molecule has 0 radical (unpaired) electrons. The minimum Gasteiger partial charge on any atom is -0.417 e. The van der Waals surface area contributed by atoms with Crippen LogP contribution in [0, 0.1) is 12.8 Å². The molecule has 2 N–H and O–H groups in total. The number of nitrogens with zero attached hydrogens (tertiary/aromatic N) is 5. The van der Waals surface area contributed by atoms with Gasteiger partial charge in [-0.25, -0.2) is 9.78 Å². The molecule has 5 rings (SSSR count). The number of benzene rings is 1. The second-order valence-corrected chi connectivity index (χ2v) is 11.0. The minimum atomic E-state index is -4.86. The van der Waals surface area contributed by atoms with E-state index < -0.39 is 23.5 Å². The van der Waals surface area contributed by atoms with Gasteiger partial charge in [-0.3, -0.25) is 4.79 Å². The van der Waals surface area contributed by atoms with Gasteiger partial charge < -0.3 is 29.8 Å². The van der Waals surface area contributed by atoms with Crippen LogP contribution in [0.25, 0.3) is 0 Å². The zero-order valence-electron chi connectivity index (χ0n) is 23.2. The van der Waals surface area contributed by atoms with Gasteiger partial charge in [0.2, 0.25) is 5.76 Å². The van der Waals surface area contributed by atoms with Crippen LogP contribution in [0.5, 0.6) is 0 Å². The Kier molecular flexibility index (Phi) is 8.48. The summed E-state index contributed by atoms with van der Waals surface area (Å²) in [4.78, 5) is 38.9. The summed E-state index contributed by atoms with van der Waals surface area (Å²) in [7, 11) is 0. The van der Waals surface area contributed by atoms with Crippen LogP contribution in [-0.4, -0.2) is 66.1 Å². The van der Waals surface area contributed by atoms with E-state index in [1.165, 1.54) is 6.20 Å². The number of alkyl halides is 3. The number of pyridine rings is 1. The smallest absolute Gasteiger partial charge is 0.417 e. The number of aryl methyl sites for hydroxylation is 1. The SMILES string of the molecule is Cc1cccc(Cl)c1NC(=O)N1CCN(c2ccc(NC(=O)c3oc(N4CCCC(C)C4)nc3C(F)(F)F)cn2)CC1. The number of anilines is 4. The Hall–Kier alpha value is -4.00. The number of oxazole rings is 1. The maximum absolute atomic E-state index is 13.7. The summed E-state index contributed by atoms with van der Waals surface area (Å²) in [5.41, 5.74) is 0.288. The summed E-state index contributed by atoms with van der Waals surface area (Å²) >= 11 is 6.22. The van der Waals surface area contributed by atoms with E-state index in [2.05, 4.69) is 20.6 Å². The first-order valence-corrected chi connectivity index (χ1v) is 14.0. The van der Waals surface area contributed by atoms with Gasteiger partial charge in [-0.05, 0) is 49.4 Å². The molecule has 1 aromatic carbocycles. The zero-order valence-corrected chi connectivity index (χ0v) is 23.9. The van der Waals surface area contributed by atoms with Crippen molar-refractivity contribution in [3.63, 3.8) is 0 Å². The Morgan fingerprint density at radius 2 is 1.81 bits per heavy atom. The molecule has 2 aliphatic rings. The number of hydrogen-bond donors (Lipinski definition) is 2. The number of hydrogen-bond acceptors (Lipinski definition) is 7. The lowest BCUT2D eigenvalue weighted by molar-refractivity contribution is -0.141. The van der Waals surface area contributed by atoms with Gasteiger partial charge in [0.25, 0.3) is 11.9 Å². The molecule has 10 nitrogen and oxygen atoms in total. The molecule has 2 aromatic heterocycles. The third-order valence-corrected chi connectivity index (χ3v) is 7.68. The van der Waals surface area contributed by atoms with E-state index in [1.54, 1.807) is 28.0 Å². The first-order valence-electron chi connectivity index (χ1n) is 13.7. The molecule has 0 aliphatic carbocycles. The first kappa shape index (κ1) is 29.5.